The molecule has 0 radical (unpaired) electrons. The number of hydrogen-bond acceptors (Lipinski definition) is 3. The Morgan fingerprint density at radius 3 is 2.48 bits per heavy atom. The average molecular weight is 312 g/mol. The highest BCUT2D eigenvalue weighted by Gasteiger charge is 2.17. The molecule has 3 aromatic rings. The fourth-order valence-corrected chi connectivity index (χ4v) is 2.86. The van der Waals surface area contributed by atoms with E-state index in [1.54, 1.807) is 13.4 Å². The molecule has 6 nitrogen and oxygen atoms in total. The number of aryl methyl sites for hydroxylation is 2. The maximum atomic E-state index is 12.5. The Morgan fingerprint density at radius 1 is 1.09 bits per heavy atom. The number of aromatic nitrogens is 4. The minimum atomic E-state index is -0.357. The highest BCUT2D eigenvalue weighted by molar-refractivity contribution is 5.70. The maximum Gasteiger partial charge on any atom is 0.332 e. The molecule has 1 aromatic carbocycles. The van der Waals surface area contributed by atoms with Crippen LogP contribution in [-0.2, 0) is 20.5 Å². The monoisotopic (exact) mass is 312 g/mol. The van der Waals surface area contributed by atoms with Crippen molar-refractivity contribution < 1.29 is 0 Å². The largest absolute Gasteiger partial charge is 0.332 e. The van der Waals surface area contributed by atoms with Crippen molar-refractivity contribution in [2.45, 2.75) is 25.8 Å². The van der Waals surface area contributed by atoms with E-state index in [1.807, 2.05) is 22.8 Å². The van der Waals surface area contributed by atoms with Gasteiger partial charge in [-0.2, -0.15) is 0 Å². The predicted molar refractivity (Wildman–Crippen MR) is 89.7 cm³/mol. The van der Waals surface area contributed by atoms with Crippen molar-refractivity contribution in [3.05, 3.63) is 63.1 Å². The Labute approximate surface area is 133 Å². The van der Waals surface area contributed by atoms with E-state index in [1.165, 1.54) is 17.2 Å². The molecule has 0 saturated carbocycles. The van der Waals surface area contributed by atoms with Gasteiger partial charge in [0, 0.05) is 20.1 Å². The topological polar surface area (TPSA) is 61.8 Å². The van der Waals surface area contributed by atoms with Crippen molar-refractivity contribution in [1.82, 2.24) is 18.7 Å². The Bertz CT molecular complexity index is 950. The summed E-state index contributed by atoms with van der Waals surface area (Å²) in [5.41, 5.74) is 1.53. The van der Waals surface area contributed by atoms with Gasteiger partial charge in [0.1, 0.15) is 0 Å². The predicted octanol–water partition coefficient (Wildman–Crippen LogP) is 1.63. The Kier molecular flexibility index (Phi) is 3.90. The Hall–Kier alpha value is -2.63. The van der Waals surface area contributed by atoms with E-state index >= 15 is 0 Å². The first-order chi connectivity index (χ1) is 11.0. The van der Waals surface area contributed by atoms with Gasteiger partial charge >= 0.3 is 5.69 Å². The summed E-state index contributed by atoms with van der Waals surface area (Å²) in [6, 6.07) is 10.4. The summed E-state index contributed by atoms with van der Waals surface area (Å²) in [5, 5.41) is 0. The molecular weight excluding hydrogens is 292 g/mol. The zero-order valence-corrected chi connectivity index (χ0v) is 13.6. The van der Waals surface area contributed by atoms with E-state index in [-0.39, 0.29) is 17.3 Å². The zero-order valence-electron chi connectivity index (χ0n) is 13.6. The standard InChI is InChI=1S/C17H20N4O2/c1-12(9-10-13-7-5-4-6-8-13)21-11-18-15-14(21)16(22)20(3)17(23)19(15)2/h4-8,11-12H,9-10H2,1-3H3. The van der Waals surface area contributed by atoms with Crippen molar-refractivity contribution in [2.24, 2.45) is 14.1 Å². The van der Waals surface area contributed by atoms with Crippen molar-refractivity contribution in [3.63, 3.8) is 0 Å². The van der Waals surface area contributed by atoms with Gasteiger partial charge < -0.3 is 4.57 Å². The average Bonchev–Trinajstić information content (AvgIpc) is 3.02. The van der Waals surface area contributed by atoms with Gasteiger partial charge in [0.15, 0.2) is 11.2 Å². The van der Waals surface area contributed by atoms with Crippen molar-refractivity contribution in [1.29, 1.82) is 0 Å². The van der Waals surface area contributed by atoms with Gasteiger partial charge in [-0.3, -0.25) is 13.9 Å². The molecule has 1 unspecified atom stereocenters. The molecule has 0 aliphatic rings. The Balaban J connectivity index is 1.97. The van der Waals surface area contributed by atoms with Crippen LogP contribution in [0.15, 0.2) is 46.2 Å². The van der Waals surface area contributed by atoms with Gasteiger partial charge in [-0.1, -0.05) is 30.3 Å². The zero-order chi connectivity index (χ0) is 16.6. The van der Waals surface area contributed by atoms with Crippen LogP contribution in [0.2, 0.25) is 0 Å². The van der Waals surface area contributed by atoms with Gasteiger partial charge in [-0.15, -0.1) is 0 Å². The smallest absolute Gasteiger partial charge is 0.322 e. The van der Waals surface area contributed by atoms with Crippen LogP contribution in [0.25, 0.3) is 11.2 Å². The summed E-state index contributed by atoms with van der Waals surface area (Å²) < 4.78 is 4.42. The van der Waals surface area contributed by atoms with E-state index in [2.05, 4.69) is 24.0 Å². The number of fused-ring (bicyclic) bond motifs is 1. The fourth-order valence-electron chi connectivity index (χ4n) is 2.86. The molecule has 1 atom stereocenters. The van der Waals surface area contributed by atoms with E-state index < -0.39 is 0 Å². The number of imidazole rings is 1. The molecule has 23 heavy (non-hydrogen) atoms. The second kappa shape index (κ2) is 5.87. The van der Waals surface area contributed by atoms with Gasteiger partial charge in [0.05, 0.1) is 6.33 Å². The third-order valence-electron chi connectivity index (χ3n) is 4.34. The molecule has 0 spiro atoms. The van der Waals surface area contributed by atoms with Gasteiger partial charge in [0.25, 0.3) is 5.56 Å². The second-order valence-electron chi connectivity index (χ2n) is 5.90. The summed E-state index contributed by atoms with van der Waals surface area (Å²) >= 11 is 0. The molecule has 0 fully saturated rings. The first kappa shape index (κ1) is 15.3. The molecule has 0 amide bonds. The van der Waals surface area contributed by atoms with E-state index in [9.17, 15) is 9.59 Å². The lowest BCUT2D eigenvalue weighted by Gasteiger charge is -2.14. The molecule has 2 heterocycles. The van der Waals surface area contributed by atoms with Crippen molar-refractivity contribution in [2.75, 3.05) is 0 Å². The van der Waals surface area contributed by atoms with Gasteiger partial charge in [0.2, 0.25) is 0 Å². The summed E-state index contributed by atoms with van der Waals surface area (Å²) in [6.07, 6.45) is 3.47. The number of benzene rings is 1. The molecule has 2 aromatic heterocycles. The van der Waals surface area contributed by atoms with Crippen LogP contribution >= 0.6 is 0 Å². The summed E-state index contributed by atoms with van der Waals surface area (Å²) in [6.45, 7) is 2.06. The first-order valence-electron chi connectivity index (χ1n) is 7.67. The number of nitrogens with zero attached hydrogens (tertiary/aromatic N) is 4. The second-order valence-corrected chi connectivity index (χ2v) is 5.90. The fraction of sp³-hybridized carbons (Fsp3) is 0.353. The van der Waals surface area contributed by atoms with E-state index in [4.69, 9.17) is 0 Å². The molecule has 6 heteroatoms. The van der Waals surface area contributed by atoms with Crippen LogP contribution in [0.4, 0.5) is 0 Å². The molecule has 120 valence electrons. The highest BCUT2D eigenvalue weighted by Crippen LogP contribution is 2.18. The quantitative estimate of drug-likeness (QED) is 0.735. The molecular formula is C17H20N4O2. The molecule has 0 N–H and O–H groups in total. The minimum Gasteiger partial charge on any atom is -0.322 e. The van der Waals surface area contributed by atoms with Gasteiger partial charge in [-0.25, -0.2) is 9.78 Å². The van der Waals surface area contributed by atoms with Crippen LogP contribution in [0.3, 0.4) is 0 Å². The lowest BCUT2D eigenvalue weighted by Crippen LogP contribution is -2.37. The Morgan fingerprint density at radius 2 is 1.78 bits per heavy atom. The van der Waals surface area contributed by atoms with Crippen LogP contribution in [0, 0.1) is 0 Å². The van der Waals surface area contributed by atoms with E-state index in [0.717, 1.165) is 17.4 Å². The van der Waals surface area contributed by atoms with Crippen LogP contribution < -0.4 is 11.2 Å². The van der Waals surface area contributed by atoms with Crippen molar-refractivity contribution >= 4 is 11.2 Å². The molecule has 0 aliphatic heterocycles. The number of rotatable bonds is 4. The minimum absolute atomic E-state index is 0.116. The molecule has 3 rings (SSSR count). The SMILES string of the molecule is CC(CCc1ccccc1)n1cnc2c1c(=O)n(C)c(=O)n2C. The first-order valence-corrected chi connectivity index (χ1v) is 7.67. The lowest BCUT2D eigenvalue weighted by molar-refractivity contribution is 0.516. The van der Waals surface area contributed by atoms with Crippen molar-refractivity contribution in [3.8, 4) is 0 Å². The summed E-state index contributed by atoms with van der Waals surface area (Å²) in [7, 11) is 3.13. The van der Waals surface area contributed by atoms with Crippen LogP contribution in [0.5, 0.6) is 0 Å². The lowest BCUT2D eigenvalue weighted by atomic mass is 10.1. The van der Waals surface area contributed by atoms with Gasteiger partial charge in [-0.05, 0) is 25.3 Å². The summed E-state index contributed by atoms with van der Waals surface area (Å²) in [5.74, 6) is 0. The van der Waals surface area contributed by atoms with E-state index in [0.29, 0.717) is 11.2 Å². The third-order valence-corrected chi connectivity index (χ3v) is 4.34. The number of hydrogen-bond donors (Lipinski definition) is 0. The third kappa shape index (κ3) is 2.60. The molecule has 0 saturated heterocycles. The maximum absolute atomic E-state index is 12.5. The van der Waals surface area contributed by atoms with Crippen LogP contribution in [-0.4, -0.2) is 18.7 Å². The van der Waals surface area contributed by atoms with Crippen LogP contribution in [0.1, 0.15) is 24.9 Å². The normalized spacial score (nSPS) is 12.7. The highest BCUT2D eigenvalue weighted by atomic mass is 16.2. The summed E-state index contributed by atoms with van der Waals surface area (Å²) in [4.78, 5) is 28.7. The molecule has 0 aliphatic carbocycles. The molecule has 0 bridgehead atoms.